The van der Waals surface area contributed by atoms with Gasteiger partial charge in [0.2, 0.25) is 0 Å². The summed E-state index contributed by atoms with van der Waals surface area (Å²) in [5.41, 5.74) is 0. The monoisotopic (exact) mass is 156 g/mol. The van der Waals surface area contributed by atoms with Gasteiger partial charge in [0.15, 0.2) is 0 Å². The molecule has 0 aromatic carbocycles. The van der Waals surface area contributed by atoms with Crippen molar-refractivity contribution in [3.8, 4) is 12.3 Å². The van der Waals surface area contributed by atoms with Crippen LogP contribution in [0.15, 0.2) is 0 Å². The highest BCUT2D eigenvalue weighted by molar-refractivity contribution is 4.94. The Balaban J connectivity index is 2.12. The van der Waals surface area contributed by atoms with Gasteiger partial charge in [0, 0.05) is 5.92 Å². The summed E-state index contributed by atoms with van der Waals surface area (Å²) in [6.07, 6.45) is 5.20. The average Bonchev–Trinajstić information content (AvgIpc) is 2.78. The van der Waals surface area contributed by atoms with E-state index in [0.717, 1.165) is 6.42 Å². The second-order valence-electron chi connectivity index (χ2n) is 2.70. The molecule has 1 rings (SSSR count). The van der Waals surface area contributed by atoms with E-state index in [4.69, 9.17) is 21.4 Å². The highest BCUT2D eigenvalue weighted by atomic mass is 16.5. The molecule has 62 valence electrons. The number of rotatable bonds is 4. The minimum absolute atomic E-state index is 0.0631. The predicted molar refractivity (Wildman–Crippen MR) is 39.8 cm³/mol. The molecule has 0 amide bonds. The van der Waals surface area contributed by atoms with E-state index in [-0.39, 0.29) is 18.6 Å². The summed E-state index contributed by atoms with van der Waals surface area (Å²) in [7, 11) is 0. The minimum Gasteiger partial charge on any atom is -0.394 e. The summed E-state index contributed by atoms with van der Waals surface area (Å²) in [5.74, 6) is 2.44. The minimum atomic E-state index is -0.641. The molecule has 2 N–H and O–H groups in total. The number of hydrogen-bond donors (Lipinski definition) is 2. The molecule has 3 atom stereocenters. The topological polar surface area (TPSA) is 49.7 Å². The van der Waals surface area contributed by atoms with Crippen molar-refractivity contribution in [1.82, 2.24) is 0 Å². The third-order valence-electron chi connectivity index (χ3n) is 1.84. The number of aliphatic hydroxyl groups excluding tert-OH is 2. The highest BCUT2D eigenvalue weighted by Crippen LogP contribution is 2.36. The standard InChI is InChI=1S/C8H12O3/c1-2-3-11-8-4-6(8)7(10)5-9/h1,6-10H,3-5H2. The predicted octanol–water partition coefficient (Wildman–Crippen LogP) is -0.622. The normalized spacial score (nSPS) is 31.0. The lowest BCUT2D eigenvalue weighted by Crippen LogP contribution is -2.17. The fourth-order valence-electron chi connectivity index (χ4n) is 1.08. The number of ether oxygens (including phenoxy) is 1. The zero-order chi connectivity index (χ0) is 8.27. The molecule has 1 aliphatic carbocycles. The van der Waals surface area contributed by atoms with E-state index >= 15 is 0 Å². The van der Waals surface area contributed by atoms with Crippen molar-refractivity contribution in [2.24, 2.45) is 5.92 Å². The third kappa shape index (κ3) is 2.19. The molecule has 3 nitrogen and oxygen atoms in total. The first-order valence-corrected chi connectivity index (χ1v) is 3.63. The number of hydrogen-bond acceptors (Lipinski definition) is 3. The van der Waals surface area contributed by atoms with E-state index < -0.39 is 6.10 Å². The SMILES string of the molecule is C#CCOC1CC1C(O)CO. The van der Waals surface area contributed by atoms with Gasteiger partial charge in [0.1, 0.15) is 6.61 Å². The Morgan fingerprint density at radius 2 is 2.45 bits per heavy atom. The molecule has 0 aromatic heterocycles. The Morgan fingerprint density at radius 3 is 3.00 bits per heavy atom. The fourth-order valence-corrected chi connectivity index (χ4v) is 1.08. The van der Waals surface area contributed by atoms with Crippen LogP contribution in [0.25, 0.3) is 0 Å². The fraction of sp³-hybridized carbons (Fsp3) is 0.750. The van der Waals surface area contributed by atoms with Crippen LogP contribution in [0.3, 0.4) is 0 Å². The Labute approximate surface area is 66.0 Å². The average molecular weight is 156 g/mol. The molecule has 3 unspecified atom stereocenters. The van der Waals surface area contributed by atoms with Gasteiger partial charge in [-0.3, -0.25) is 0 Å². The number of aliphatic hydroxyl groups is 2. The van der Waals surface area contributed by atoms with Crippen LogP contribution < -0.4 is 0 Å². The molecule has 1 aliphatic rings. The van der Waals surface area contributed by atoms with E-state index in [9.17, 15) is 0 Å². The van der Waals surface area contributed by atoms with E-state index in [1.165, 1.54) is 0 Å². The molecular weight excluding hydrogens is 144 g/mol. The Bertz CT molecular complexity index is 161. The summed E-state index contributed by atoms with van der Waals surface area (Å²) in [6, 6.07) is 0. The molecule has 11 heavy (non-hydrogen) atoms. The first-order valence-electron chi connectivity index (χ1n) is 3.63. The molecule has 0 spiro atoms. The molecule has 1 fully saturated rings. The van der Waals surface area contributed by atoms with Crippen molar-refractivity contribution in [3.05, 3.63) is 0 Å². The van der Waals surface area contributed by atoms with Crippen LogP contribution in [0.4, 0.5) is 0 Å². The van der Waals surface area contributed by atoms with Crippen LogP contribution in [0.2, 0.25) is 0 Å². The van der Waals surface area contributed by atoms with Crippen LogP contribution in [0.5, 0.6) is 0 Å². The van der Waals surface area contributed by atoms with Crippen molar-refractivity contribution < 1.29 is 14.9 Å². The van der Waals surface area contributed by atoms with Crippen LogP contribution in [0, 0.1) is 18.3 Å². The van der Waals surface area contributed by atoms with E-state index in [0.29, 0.717) is 6.61 Å². The number of terminal acetylenes is 1. The maximum atomic E-state index is 9.09. The summed E-state index contributed by atoms with van der Waals surface area (Å²) < 4.78 is 5.13. The van der Waals surface area contributed by atoms with Crippen molar-refractivity contribution in [3.63, 3.8) is 0 Å². The van der Waals surface area contributed by atoms with Gasteiger partial charge in [-0.2, -0.15) is 0 Å². The van der Waals surface area contributed by atoms with E-state index in [2.05, 4.69) is 5.92 Å². The maximum absolute atomic E-state index is 9.09. The lowest BCUT2D eigenvalue weighted by Gasteiger charge is -2.04. The Hall–Kier alpha value is -0.560. The van der Waals surface area contributed by atoms with Gasteiger partial charge < -0.3 is 14.9 Å². The largest absolute Gasteiger partial charge is 0.394 e. The first kappa shape index (κ1) is 8.54. The van der Waals surface area contributed by atoms with Crippen LogP contribution in [0.1, 0.15) is 6.42 Å². The molecule has 0 radical (unpaired) electrons. The quantitative estimate of drug-likeness (QED) is 0.533. The van der Waals surface area contributed by atoms with Crippen molar-refractivity contribution in [2.45, 2.75) is 18.6 Å². The van der Waals surface area contributed by atoms with Crippen molar-refractivity contribution >= 4 is 0 Å². The molecule has 1 saturated carbocycles. The second kappa shape index (κ2) is 3.72. The highest BCUT2D eigenvalue weighted by Gasteiger charge is 2.43. The van der Waals surface area contributed by atoms with Crippen molar-refractivity contribution in [2.75, 3.05) is 13.2 Å². The smallest absolute Gasteiger partial charge is 0.107 e. The Kier molecular flexibility index (Phi) is 2.89. The first-order chi connectivity index (χ1) is 5.29. The van der Waals surface area contributed by atoms with Gasteiger partial charge in [-0.15, -0.1) is 6.42 Å². The third-order valence-corrected chi connectivity index (χ3v) is 1.84. The van der Waals surface area contributed by atoms with Crippen LogP contribution >= 0.6 is 0 Å². The molecule has 0 aromatic rings. The Morgan fingerprint density at radius 1 is 1.73 bits per heavy atom. The second-order valence-corrected chi connectivity index (χ2v) is 2.70. The molecule has 0 aliphatic heterocycles. The molecule has 0 bridgehead atoms. The van der Waals surface area contributed by atoms with E-state index in [1.54, 1.807) is 0 Å². The molecule has 0 saturated heterocycles. The lowest BCUT2D eigenvalue weighted by molar-refractivity contribution is 0.0493. The van der Waals surface area contributed by atoms with Gasteiger partial charge in [0.25, 0.3) is 0 Å². The summed E-state index contributed by atoms with van der Waals surface area (Å²) in [5, 5.41) is 17.6. The van der Waals surface area contributed by atoms with Crippen LogP contribution in [-0.2, 0) is 4.74 Å². The van der Waals surface area contributed by atoms with Crippen molar-refractivity contribution in [1.29, 1.82) is 0 Å². The summed E-state index contributed by atoms with van der Waals surface area (Å²) >= 11 is 0. The van der Waals surface area contributed by atoms with Gasteiger partial charge in [-0.05, 0) is 6.42 Å². The van der Waals surface area contributed by atoms with Gasteiger partial charge in [0.05, 0.1) is 18.8 Å². The van der Waals surface area contributed by atoms with Gasteiger partial charge in [-0.1, -0.05) is 5.92 Å². The summed E-state index contributed by atoms with van der Waals surface area (Å²) in [6.45, 7) is 0.0971. The lowest BCUT2D eigenvalue weighted by atomic mass is 10.2. The zero-order valence-electron chi connectivity index (χ0n) is 6.23. The molecular formula is C8H12O3. The molecule has 3 heteroatoms. The van der Waals surface area contributed by atoms with Crippen LogP contribution in [-0.4, -0.2) is 35.6 Å². The zero-order valence-corrected chi connectivity index (χ0v) is 6.23. The van der Waals surface area contributed by atoms with Gasteiger partial charge >= 0.3 is 0 Å². The summed E-state index contributed by atoms with van der Waals surface area (Å²) in [4.78, 5) is 0. The van der Waals surface area contributed by atoms with Gasteiger partial charge in [-0.25, -0.2) is 0 Å². The molecule has 0 heterocycles. The van der Waals surface area contributed by atoms with E-state index in [1.807, 2.05) is 0 Å². The maximum Gasteiger partial charge on any atom is 0.107 e.